The van der Waals surface area contributed by atoms with E-state index in [0.717, 1.165) is 19.6 Å². The second-order valence-electron chi connectivity index (χ2n) is 4.65. The first-order chi connectivity index (χ1) is 6.01. The van der Waals surface area contributed by atoms with E-state index in [2.05, 4.69) is 10.2 Å². The molecule has 1 aliphatic rings. The van der Waals surface area contributed by atoms with Gasteiger partial charge in [0.1, 0.15) is 0 Å². The molecule has 78 valence electrons. The minimum Gasteiger partial charge on any atom is -0.389 e. The summed E-state index contributed by atoms with van der Waals surface area (Å²) in [5.74, 6) is 0. The van der Waals surface area contributed by atoms with Crippen LogP contribution in [0, 0.1) is 0 Å². The van der Waals surface area contributed by atoms with Crippen molar-refractivity contribution in [3.05, 3.63) is 0 Å². The van der Waals surface area contributed by atoms with Crippen LogP contribution in [-0.2, 0) is 0 Å². The second-order valence-corrected chi connectivity index (χ2v) is 4.65. The van der Waals surface area contributed by atoms with E-state index in [4.69, 9.17) is 0 Å². The molecule has 0 aromatic rings. The number of β-amino-alcohol motifs (C(OH)–C–C–N with tert-alkyl or cyclic N) is 1. The molecule has 3 nitrogen and oxygen atoms in total. The molecule has 1 fully saturated rings. The lowest BCUT2D eigenvalue weighted by molar-refractivity contribution is 0.0273. The van der Waals surface area contributed by atoms with E-state index >= 15 is 0 Å². The lowest BCUT2D eigenvalue weighted by Crippen LogP contribution is -2.46. The maximum absolute atomic E-state index is 9.64. The molecule has 13 heavy (non-hydrogen) atoms. The largest absolute Gasteiger partial charge is 0.389 e. The molecule has 0 spiro atoms. The van der Waals surface area contributed by atoms with E-state index in [1.165, 1.54) is 12.8 Å². The Morgan fingerprint density at radius 1 is 1.38 bits per heavy atom. The third-order valence-corrected chi connectivity index (χ3v) is 2.61. The number of nitrogens with one attached hydrogen (secondary N) is 1. The Morgan fingerprint density at radius 2 is 1.92 bits per heavy atom. The summed E-state index contributed by atoms with van der Waals surface area (Å²) in [6, 6.07) is 0.679. The van der Waals surface area contributed by atoms with E-state index in [9.17, 15) is 5.11 Å². The van der Waals surface area contributed by atoms with Gasteiger partial charge in [-0.3, -0.25) is 0 Å². The summed E-state index contributed by atoms with van der Waals surface area (Å²) in [6.45, 7) is 6.75. The van der Waals surface area contributed by atoms with Gasteiger partial charge in [-0.15, -0.1) is 0 Å². The van der Waals surface area contributed by atoms with Crippen LogP contribution < -0.4 is 5.32 Å². The average molecular weight is 186 g/mol. The van der Waals surface area contributed by atoms with Gasteiger partial charge in [-0.25, -0.2) is 0 Å². The summed E-state index contributed by atoms with van der Waals surface area (Å²) in [4.78, 5) is 2.34. The lowest BCUT2D eigenvalue weighted by Gasteiger charge is -2.35. The molecule has 1 heterocycles. The van der Waals surface area contributed by atoms with Gasteiger partial charge in [-0.2, -0.15) is 0 Å². The van der Waals surface area contributed by atoms with Crippen molar-refractivity contribution in [3.8, 4) is 0 Å². The van der Waals surface area contributed by atoms with Crippen molar-refractivity contribution in [1.29, 1.82) is 0 Å². The zero-order valence-corrected chi connectivity index (χ0v) is 9.01. The zero-order valence-electron chi connectivity index (χ0n) is 9.01. The quantitative estimate of drug-likeness (QED) is 0.671. The predicted molar refractivity (Wildman–Crippen MR) is 54.8 cm³/mol. The number of piperidine rings is 1. The Kier molecular flexibility index (Phi) is 3.71. The SMILES string of the molecule is CNC1CCN(CC(C)(C)O)CC1. The van der Waals surface area contributed by atoms with Gasteiger partial charge in [0.2, 0.25) is 0 Å². The Bertz CT molecular complexity index is 145. The molecule has 0 saturated carbocycles. The smallest absolute Gasteiger partial charge is 0.0718 e. The number of hydrogen-bond donors (Lipinski definition) is 2. The molecule has 0 aromatic heterocycles. The summed E-state index contributed by atoms with van der Waals surface area (Å²) in [7, 11) is 2.02. The third-order valence-electron chi connectivity index (χ3n) is 2.61. The molecule has 3 heteroatoms. The van der Waals surface area contributed by atoms with Gasteiger partial charge in [0.15, 0.2) is 0 Å². The minimum atomic E-state index is -0.549. The fourth-order valence-electron chi connectivity index (χ4n) is 1.93. The van der Waals surface area contributed by atoms with E-state index in [0.29, 0.717) is 6.04 Å². The Labute approximate surface area is 81.1 Å². The van der Waals surface area contributed by atoms with Crippen molar-refractivity contribution in [2.75, 3.05) is 26.7 Å². The number of hydrogen-bond acceptors (Lipinski definition) is 3. The molecular formula is C10H22N2O. The summed E-state index contributed by atoms with van der Waals surface area (Å²) in [5, 5.41) is 12.9. The Balaban J connectivity index is 2.25. The van der Waals surface area contributed by atoms with Crippen LogP contribution in [0.5, 0.6) is 0 Å². The van der Waals surface area contributed by atoms with E-state index in [-0.39, 0.29) is 0 Å². The minimum absolute atomic E-state index is 0.549. The monoisotopic (exact) mass is 186 g/mol. The highest BCUT2D eigenvalue weighted by molar-refractivity contribution is 4.79. The maximum Gasteiger partial charge on any atom is 0.0718 e. The Morgan fingerprint density at radius 3 is 2.31 bits per heavy atom. The standard InChI is InChI=1S/C10H22N2O/c1-10(2,13)8-12-6-4-9(11-3)5-7-12/h9,11,13H,4-8H2,1-3H3. The van der Waals surface area contributed by atoms with Crippen molar-refractivity contribution in [1.82, 2.24) is 10.2 Å². The van der Waals surface area contributed by atoms with Gasteiger partial charge in [0.05, 0.1) is 5.60 Å². The number of nitrogens with zero attached hydrogens (tertiary/aromatic N) is 1. The summed E-state index contributed by atoms with van der Waals surface area (Å²) < 4.78 is 0. The molecule has 1 aliphatic heterocycles. The van der Waals surface area contributed by atoms with Crippen molar-refractivity contribution >= 4 is 0 Å². The molecule has 0 atom stereocenters. The highest BCUT2D eigenvalue weighted by Crippen LogP contribution is 2.13. The van der Waals surface area contributed by atoms with Crippen LogP contribution in [0.3, 0.4) is 0 Å². The van der Waals surface area contributed by atoms with Gasteiger partial charge in [-0.1, -0.05) is 0 Å². The van der Waals surface area contributed by atoms with Gasteiger partial charge >= 0.3 is 0 Å². The first-order valence-corrected chi connectivity index (χ1v) is 5.13. The van der Waals surface area contributed by atoms with Gasteiger partial charge < -0.3 is 15.3 Å². The van der Waals surface area contributed by atoms with Crippen molar-refractivity contribution in [3.63, 3.8) is 0 Å². The van der Waals surface area contributed by atoms with E-state index < -0.39 is 5.60 Å². The van der Waals surface area contributed by atoms with Crippen LogP contribution >= 0.6 is 0 Å². The van der Waals surface area contributed by atoms with Crippen LogP contribution in [-0.4, -0.2) is 48.3 Å². The zero-order chi connectivity index (χ0) is 9.90. The molecule has 0 unspecified atom stereocenters. The molecule has 0 bridgehead atoms. The molecular weight excluding hydrogens is 164 g/mol. The summed E-state index contributed by atoms with van der Waals surface area (Å²) in [6.07, 6.45) is 2.40. The predicted octanol–water partition coefficient (Wildman–Crippen LogP) is 0.441. The molecule has 1 saturated heterocycles. The topological polar surface area (TPSA) is 35.5 Å². The first-order valence-electron chi connectivity index (χ1n) is 5.13. The van der Waals surface area contributed by atoms with Crippen LogP contribution in [0.15, 0.2) is 0 Å². The molecule has 0 aromatic carbocycles. The maximum atomic E-state index is 9.64. The number of aliphatic hydroxyl groups is 1. The molecule has 2 N–H and O–H groups in total. The van der Waals surface area contributed by atoms with E-state index in [1.54, 1.807) is 0 Å². The Hall–Kier alpha value is -0.120. The van der Waals surface area contributed by atoms with Crippen LogP contribution in [0.25, 0.3) is 0 Å². The normalized spacial score (nSPS) is 22.2. The number of likely N-dealkylation sites (tertiary alicyclic amines) is 1. The summed E-state index contributed by atoms with van der Waals surface area (Å²) in [5.41, 5.74) is -0.549. The molecule has 0 aliphatic carbocycles. The van der Waals surface area contributed by atoms with Crippen LogP contribution in [0.1, 0.15) is 26.7 Å². The molecule has 1 rings (SSSR count). The summed E-state index contributed by atoms with van der Waals surface area (Å²) >= 11 is 0. The molecule has 0 amide bonds. The van der Waals surface area contributed by atoms with Gasteiger partial charge in [0, 0.05) is 12.6 Å². The molecule has 0 radical (unpaired) electrons. The average Bonchev–Trinajstić information content (AvgIpc) is 2.03. The fourth-order valence-corrected chi connectivity index (χ4v) is 1.93. The van der Waals surface area contributed by atoms with Gasteiger partial charge in [-0.05, 0) is 46.8 Å². The first kappa shape index (κ1) is 11.0. The van der Waals surface area contributed by atoms with Crippen LogP contribution in [0.4, 0.5) is 0 Å². The lowest BCUT2D eigenvalue weighted by atomic mass is 10.0. The highest BCUT2D eigenvalue weighted by Gasteiger charge is 2.22. The van der Waals surface area contributed by atoms with Crippen molar-refractivity contribution in [2.45, 2.75) is 38.3 Å². The van der Waals surface area contributed by atoms with Gasteiger partial charge in [0.25, 0.3) is 0 Å². The highest BCUT2D eigenvalue weighted by atomic mass is 16.3. The van der Waals surface area contributed by atoms with E-state index in [1.807, 2.05) is 20.9 Å². The van der Waals surface area contributed by atoms with Crippen LogP contribution in [0.2, 0.25) is 0 Å². The number of rotatable bonds is 3. The third kappa shape index (κ3) is 4.07. The fraction of sp³-hybridized carbons (Fsp3) is 1.00. The van der Waals surface area contributed by atoms with Crippen molar-refractivity contribution in [2.24, 2.45) is 0 Å². The second kappa shape index (κ2) is 4.40. The van der Waals surface area contributed by atoms with Crippen molar-refractivity contribution < 1.29 is 5.11 Å².